The normalized spacial score (nSPS) is 15.7. The van der Waals surface area contributed by atoms with Crippen LogP contribution in [0.4, 0.5) is 8.78 Å². The van der Waals surface area contributed by atoms with Crippen LogP contribution in [0, 0.1) is 0 Å². The summed E-state index contributed by atoms with van der Waals surface area (Å²) in [5, 5.41) is 3.62. The maximum absolute atomic E-state index is 12.6. The molecule has 1 N–H and O–H groups in total. The molecule has 0 aromatic heterocycles. The van der Waals surface area contributed by atoms with Gasteiger partial charge in [-0.3, -0.25) is 0 Å². The fraction of sp³-hybridized carbons (Fsp3) is 0.455. The number of alkyl halides is 2. The number of rotatable bonds is 10. The van der Waals surface area contributed by atoms with Crippen molar-refractivity contribution < 1.29 is 18.3 Å². The molecule has 3 rings (SSSR count). The van der Waals surface area contributed by atoms with E-state index in [0.717, 1.165) is 25.2 Å². The van der Waals surface area contributed by atoms with E-state index in [1.807, 2.05) is 13.0 Å². The molecule has 1 aliphatic heterocycles. The van der Waals surface area contributed by atoms with Crippen LogP contribution in [0.3, 0.4) is 0 Å². The van der Waals surface area contributed by atoms with Crippen molar-refractivity contribution in [2.75, 3.05) is 26.2 Å². The van der Waals surface area contributed by atoms with E-state index in [1.165, 1.54) is 18.4 Å². The van der Waals surface area contributed by atoms with Crippen molar-refractivity contribution in [3.05, 3.63) is 59.7 Å². The smallest absolute Gasteiger partial charge is 0.387 e. The second kappa shape index (κ2) is 10.4. The van der Waals surface area contributed by atoms with Crippen LogP contribution in [0.5, 0.6) is 11.5 Å². The van der Waals surface area contributed by atoms with E-state index in [4.69, 9.17) is 4.74 Å². The van der Waals surface area contributed by atoms with Crippen molar-refractivity contribution in [2.24, 2.45) is 0 Å². The number of likely N-dealkylation sites (tertiary alicyclic amines) is 1. The first-order valence-electron chi connectivity index (χ1n) is 9.87. The van der Waals surface area contributed by atoms with Crippen LogP contribution in [-0.2, 0) is 6.54 Å². The van der Waals surface area contributed by atoms with Crippen LogP contribution >= 0.6 is 0 Å². The van der Waals surface area contributed by atoms with E-state index in [0.29, 0.717) is 18.9 Å². The molecule has 4 nitrogen and oxygen atoms in total. The number of benzene rings is 2. The average molecular weight is 390 g/mol. The number of nitrogens with one attached hydrogen (secondary N) is 1. The summed E-state index contributed by atoms with van der Waals surface area (Å²) in [6.07, 6.45) is 2.51. The second-order valence-corrected chi connectivity index (χ2v) is 6.94. The van der Waals surface area contributed by atoms with Gasteiger partial charge in [-0.15, -0.1) is 0 Å². The third kappa shape index (κ3) is 5.91. The van der Waals surface area contributed by atoms with Crippen LogP contribution in [0.15, 0.2) is 48.5 Å². The van der Waals surface area contributed by atoms with Gasteiger partial charge in [-0.2, -0.15) is 8.78 Å². The highest BCUT2D eigenvalue weighted by Crippen LogP contribution is 2.30. The number of hydrogen-bond donors (Lipinski definition) is 1. The Morgan fingerprint density at radius 2 is 1.79 bits per heavy atom. The van der Waals surface area contributed by atoms with Gasteiger partial charge in [0.05, 0.1) is 6.61 Å². The zero-order valence-corrected chi connectivity index (χ0v) is 16.2. The SMILES string of the molecule is CCOc1cc(CNC(CN2CCCC2)c2ccccc2)ccc1OC(F)F. The van der Waals surface area contributed by atoms with E-state index < -0.39 is 6.61 Å². The Morgan fingerprint density at radius 3 is 2.46 bits per heavy atom. The van der Waals surface area contributed by atoms with E-state index in [-0.39, 0.29) is 11.8 Å². The van der Waals surface area contributed by atoms with Gasteiger partial charge in [-0.1, -0.05) is 36.4 Å². The summed E-state index contributed by atoms with van der Waals surface area (Å²) >= 11 is 0. The molecule has 1 unspecified atom stereocenters. The van der Waals surface area contributed by atoms with E-state index in [9.17, 15) is 8.78 Å². The molecule has 152 valence electrons. The first kappa shape index (κ1) is 20.6. The molecular formula is C22H28F2N2O2. The second-order valence-electron chi connectivity index (χ2n) is 6.94. The first-order valence-corrected chi connectivity index (χ1v) is 9.87. The number of halogens is 2. The molecule has 1 atom stereocenters. The van der Waals surface area contributed by atoms with Crippen LogP contribution in [0.25, 0.3) is 0 Å². The highest BCUT2D eigenvalue weighted by atomic mass is 19.3. The zero-order valence-electron chi connectivity index (χ0n) is 16.2. The number of hydrogen-bond acceptors (Lipinski definition) is 4. The molecule has 6 heteroatoms. The summed E-state index contributed by atoms with van der Waals surface area (Å²) in [4.78, 5) is 2.48. The summed E-state index contributed by atoms with van der Waals surface area (Å²) in [7, 11) is 0. The van der Waals surface area contributed by atoms with Crippen molar-refractivity contribution in [2.45, 2.75) is 39.0 Å². The standard InChI is InChI=1S/C22H28F2N2O2/c1-2-27-21-14-17(10-11-20(21)28-22(23)24)15-25-19(16-26-12-6-7-13-26)18-8-4-3-5-9-18/h3-5,8-11,14,19,22,25H,2,6-7,12-13,15-16H2,1H3. The van der Waals surface area contributed by atoms with Gasteiger partial charge < -0.3 is 19.7 Å². The first-order chi connectivity index (χ1) is 13.7. The fourth-order valence-electron chi connectivity index (χ4n) is 3.56. The van der Waals surface area contributed by atoms with E-state index in [2.05, 4.69) is 39.2 Å². The van der Waals surface area contributed by atoms with E-state index >= 15 is 0 Å². The van der Waals surface area contributed by atoms with Gasteiger partial charge in [-0.25, -0.2) is 0 Å². The predicted molar refractivity (Wildman–Crippen MR) is 106 cm³/mol. The Hall–Kier alpha value is -2.18. The van der Waals surface area contributed by atoms with E-state index in [1.54, 1.807) is 18.2 Å². The molecule has 1 heterocycles. The molecule has 0 radical (unpaired) electrons. The van der Waals surface area contributed by atoms with Crippen LogP contribution in [0.1, 0.15) is 36.9 Å². The Balaban J connectivity index is 1.70. The summed E-state index contributed by atoms with van der Waals surface area (Å²) in [5.74, 6) is 0.412. The maximum atomic E-state index is 12.6. The quantitative estimate of drug-likeness (QED) is 0.642. The lowest BCUT2D eigenvalue weighted by molar-refractivity contribution is -0.0514. The number of nitrogens with zero attached hydrogens (tertiary/aromatic N) is 1. The Kier molecular flexibility index (Phi) is 7.62. The summed E-state index contributed by atoms with van der Waals surface area (Å²) in [6, 6.07) is 15.7. The Morgan fingerprint density at radius 1 is 1.04 bits per heavy atom. The lowest BCUT2D eigenvalue weighted by atomic mass is 10.1. The van der Waals surface area contributed by atoms with Gasteiger partial charge in [0.1, 0.15) is 0 Å². The molecule has 0 saturated carbocycles. The van der Waals surface area contributed by atoms with Gasteiger partial charge in [0.25, 0.3) is 0 Å². The number of ether oxygens (including phenoxy) is 2. The highest BCUT2D eigenvalue weighted by Gasteiger charge is 2.19. The Labute approximate surface area is 165 Å². The van der Waals surface area contributed by atoms with Gasteiger partial charge >= 0.3 is 6.61 Å². The largest absolute Gasteiger partial charge is 0.490 e. The van der Waals surface area contributed by atoms with Crippen molar-refractivity contribution in [3.8, 4) is 11.5 Å². The minimum Gasteiger partial charge on any atom is -0.490 e. The van der Waals surface area contributed by atoms with Crippen LogP contribution in [-0.4, -0.2) is 37.8 Å². The minimum absolute atomic E-state index is 0.0669. The van der Waals surface area contributed by atoms with Crippen molar-refractivity contribution in [1.29, 1.82) is 0 Å². The van der Waals surface area contributed by atoms with Crippen molar-refractivity contribution in [3.63, 3.8) is 0 Å². The predicted octanol–water partition coefficient (Wildman–Crippen LogP) is 4.61. The third-order valence-corrected chi connectivity index (χ3v) is 4.92. The van der Waals surface area contributed by atoms with Crippen LogP contribution in [0.2, 0.25) is 0 Å². The van der Waals surface area contributed by atoms with Gasteiger partial charge in [0.15, 0.2) is 11.5 Å². The van der Waals surface area contributed by atoms with Crippen molar-refractivity contribution >= 4 is 0 Å². The minimum atomic E-state index is -2.87. The molecule has 0 bridgehead atoms. The summed E-state index contributed by atoms with van der Waals surface area (Å²) in [5.41, 5.74) is 2.21. The van der Waals surface area contributed by atoms with Gasteiger partial charge in [-0.05, 0) is 56.1 Å². The third-order valence-electron chi connectivity index (χ3n) is 4.92. The average Bonchev–Trinajstić information content (AvgIpc) is 3.20. The lowest BCUT2D eigenvalue weighted by Crippen LogP contribution is -2.33. The van der Waals surface area contributed by atoms with Gasteiger partial charge in [0, 0.05) is 19.1 Å². The summed E-state index contributed by atoms with van der Waals surface area (Å²) < 4.78 is 35.2. The molecule has 1 saturated heterocycles. The molecule has 2 aromatic rings. The molecule has 0 amide bonds. The molecule has 28 heavy (non-hydrogen) atoms. The van der Waals surface area contributed by atoms with Crippen LogP contribution < -0.4 is 14.8 Å². The topological polar surface area (TPSA) is 33.7 Å². The molecule has 1 aliphatic rings. The van der Waals surface area contributed by atoms with Gasteiger partial charge in [0.2, 0.25) is 0 Å². The zero-order chi connectivity index (χ0) is 19.8. The van der Waals surface area contributed by atoms with Crippen molar-refractivity contribution in [1.82, 2.24) is 10.2 Å². The molecule has 0 aliphatic carbocycles. The monoisotopic (exact) mass is 390 g/mol. The molecule has 2 aromatic carbocycles. The molecular weight excluding hydrogens is 362 g/mol. The Bertz CT molecular complexity index is 722. The lowest BCUT2D eigenvalue weighted by Gasteiger charge is -2.25. The molecule has 1 fully saturated rings. The maximum Gasteiger partial charge on any atom is 0.387 e. The molecule has 0 spiro atoms. The highest BCUT2D eigenvalue weighted by molar-refractivity contribution is 5.43. The summed E-state index contributed by atoms with van der Waals surface area (Å²) in [6.45, 7) is 3.18. The fourth-order valence-corrected chi connectivity index (χ4v) is 3.56.